The van der Waals surface area contributed by atoms with Crippen molar-refractivity contribution in [3.8, 4) is 0 Å². The zero-order chi connectivity index (χ0) is 13.2. The van der Waals surface area contributed by atoms with E-state index in [-0.39, 0.29) is 12.0 Å². The number of amides is 1. The highest BCUT2D eigenvalue weighted by atomic mass is 16.5. The number of hydrogen-bond acceptors (Lipinski definition) is 2. The van der Waals surface area contributed by atoms with Crippen LogP contribution in [0.25, 0.3) is 0 Å². The Morgan fingerprint density at radius 3 is 2.61 bits per heavy atom. The monoisotopic (exact) mass is 247 g/mol. The third-order valence-electron chi connectivity index (χ3n) is 3.56. The lowest BCUT2D eigenvalue weighted by Gasteiger charge is -2.36. The molecule has 1 amide bonds. The van der Waals surface area contributed by atoms with Crippen molar-refractivity contribution in [3.63, 3.8) is 0 Å². The first-order valence-electron chi connectivity index (χ1n) is 6.48. The Bertz CT molecular complexity index is 414. The van der Waals surface area contributed by atoms with Crippen LogP contribution in [0.2, 0.25) is 0 Å². The molecule has 1 fully saturated rings. The van der Waals surface area contributed by atoms with Crippen molar-refractivity contribution in [3.05, 3.63) is 35.9 Å². The summed E-state index contributed by atoms with van der Waals surface area (Å²) in [5.41, 5.74) is 0.590. The molecule has 0 saturated carbocycles. The van der Waals surface area contributed by atoms with E-state index in [1.54, 1.807) is 0 Å². The molecule has 3 nitrogen and oxygen atoms in total. The first-order valence-corrected chi connectivity index (χ1v) is 6.48. The van der Waals surface area contributed by atoms with Crippen LogP contribution in [0.1, 0.15) is 26.3 Å². The predicted molar refractivity (Wildman–Crippen MR) is 71.5 cm³/mol. The van der Waals surface area contributed by atoms with Crippen LogP contribution < -0.4 is 0 Å². The van der Waals surface area contributed by atoms with E-state index in [2.05, 4.69) is 0 Å². The average Bonchev–Trinajstić information content (AvgIpc) is 2.39. The van der Waals surface area contributed by atoms with Crippen LogP contribution in [-0.4, -0.2) is 36.6 Å². The van der Waals surface area contributed by atoms with Gasteiger partial charge in [0.15, 0.2) is 0 Å². The first-order chi connectivity index (χ1) is 8.51. The smallest absolute Gasteiger partial charge is 0.232 e. The largest absolute Gasteiger partial charge is 0.375 e. The molecule has 0 N–H and O–H groups in total. The minimum absolute atomic E-state index is 0.134. The number of ether oxygens (including phenoxy) is 1. The van der Waals surface area contributed by atoms with E-state index in [1.165, 1.54) is 0 Å². The van der Waals surface area contributed by atoms with E-state index in [1.807, 2.05) is 56.0 Å². The van der Waals surface area contributed by atoms with Crippen LogP contribution in [0.4, 0.5) is 0 Å². The summed E-state index contributed by atoms with van der Waals surface area (Å²) in [7, 11) is 0. The Morgan fingerprint density at radius 2 is 2.00 bits per heavy atom. The van der Waals surface area contributed by atoms with Gasteiger partial charge in [0.1, 0.15) is 0 Å². The summed E-state index contributed by atoms with van der Waals surface area (Å²) in [6.07, 6.45) is 0.134. The predicted octanol–water partition coefficient (Wildman–Crippen LogP) is 2.21. The van der Waals surface area contributed by atoms with Gasteiger partial charge in [-0.1, -0.05) is 30.3 Å². The second kappa shape index (κ2) is 5.11. The number of carbonyl (C=O) groups is 1. The molecule has 1 heterocycles. The summed E-state index contributed by atoms with van der Waals surface area (Å²) in [4.78, 5) is 14.6. The topological polar surface area (TPSA) is 29.5 Å². The normalized spacial score (nSPS) is 20.8. The lowest BCUT2D eigenvalue weighted by molar-refractivity contribution is -0.143. The van der Waals surface area contributed by atoms with Crippen molar-refractivity contribution in [2.24, 2.45) is 0 Å². The van der Waals surface area contributed by atoms with E-state index in [0.717, 1.165) is 5.56 Å². The second-order valence-corrected chi connectivity index (χ2v) is 5.42. The Balaban J connectivity index is 2.17. The van der Waals surface area contributed by atoms with Crippen molar-refractivity contribution < 1.29 is 9.53 Å². The lowest BCUT2D eigenvalue weighted by Crippen LogP contribution is -2.50. The summed E-state index contributed by atoms with van der Waals surface area (Å²) in [6.45, 7) is 8.01. The fraction of sp³-hybridized carbons (Fsp3) is 0.533. The van der Waals surface area contributed by atoms with Gasteiger partial charge in [0.25, 0.3) is 0 Å². The Morgan fingerprint density at radius 1 is 1.33 bits per heavy atom. The molecule has 2 rings (SSSR count). The number of benzene rings is 1. The Hall–Kier alpha value is -1.35. The summed E-state index contributed by atoms with van der Waals surface area (Å²) in [5.74, 6) is 0.184. The molecule has 0 bridgehead atoms. The summed E-state index contributed by atoms with van der Waals surface area (Å²) < 4.78 is 5.48. The molecule has 1 aliphatic rings. The molecule has 0 spiro atoms. The lowest BCUT2D eigenvalue weighted by atomic mass is 9.83. The zero-order valence-corrected chi connectivity index (χ0v) is 11.3. The van der Waals surface area contributed by atoms with Gasteiger partial charge in [-0.2, -0.15) is 0 Å². The van der Waals surface area contributed by atoms with Gasteiger partial charge in [-0.15, -0.1) is 0 Å². The molecule has 98 valence electrons. The van der Waals surface area contributed by atoms with Crippen molar-refractivity contribution in [2.45, 2.75) is 32.3 Å². The molecule has 1 aliphatic heterocycles. The maximum absolute atomic E-state index is 12.6. The molecular formula is C15H21NO2. The van der Waals surface area contributed by atoms with Crippen molar-refractivity contribution >= 4 is 5.91 Å². The molecule has 1 unspecified atom stereocenters. The van der Waals surface area contributed by atoms with Crippen molar-refractivity contribution in [1.29, 1.82) is 0 Å². The molecule has 1 aromatic rings. The number of carbonyl (C=O) groups excluding carboxylic acids is 1. The maximum atomic E-state index is 12.6. The minimum Gasteiger partial charge on any atom is -0.375 e. The number of rotatable bonds is 2. The van der Waals surface area contributed by atoms with Gasteiger partial charge in [0, 0.05) is 13.1 Å². The van der Waals surface area contributed by atoms with E-state index < -0.39 is 5.41 Å². The van der Waals surface area contributed by atoms with Gasteiger partial charge in [0.05, 0.1) is 18.1 Å². The fourth-order valence-corrected chi connectivity index (χ4v) is 2.38. The highest BCUT2D eigenvalue weighted by molar-refractivity contribution is 5.87. The van der Waals surface area contributed by atoms with Gasteiger partial charge in [-0.3, -0.25) is 4.79 Å². The summed E-state index contributed by atoms with van der Waals surface area (Å²) >= 11 is 0. The van der Waals surface area contributed by atoms with Gasteiger partial charge < -0.3 is 9.64 Å². The van der Waals surface area contributed by atoms with Crippen LogP contribution in [-0.2, 0) is 14.9 Å². The highest BCUT2D eigenvalue weighted by Gasteiger charge is 2.35. The van der Waals surface area contributed by atoms with Crippen molar-refractivity contribution in [2.75, 3.05) is 19.7 Å². The number of morpholine rings is 1. The standard InChI is InChI=1S/C15H21NO2/c1-12-11-16(9-10-18-12)14(17)15(2,3)13-7-5-4-6-8-13/h4-8,12H,9-11H2,1-3H3. The summed E-state index contributed by atoms with van der Waals surface area (Å²) in [6, 6.07) is 9.96. The molecule has 1 aromatic carbocycles. The van der Waals surface area contributed by atoms with Crippen LogP contribution in [0, 0.1) is 0 Å². The van der Waals surface area contributed by atoms with E-state index in [9.17, 15) is 4.79 Å². The third kappa shape index (κ3) is 2.56. The second-order valence-electron chi connectivity index (χ2n) is 5.42. The highest BCUT2D eigenvalue weighted by Crippen LogP contribution is 2.26. The molecule has 1 saturated heterocycles. The molecule has 1 atom stereocenters. The summed E-state index contributed by atoms with van der Waals surface area (Å²) in [5, 5.41) is 0. The fourth-order valence-electron chi connectivity index (χ4n) is 2.38. The maximum Gasteiger partial charge on any atom is 0.232 e. The first kappa shape index (κ1) is 13.1. The van der Waals surface area contributed by atoms with E-state index >= 15 is 0 Å². The van der Waals surface area contributed by atoms with Gasteiger partial charge in [-0.05, 0) is 26.3 Å². The van der Waals surface area contributed by atoms with Crippen LogP contribution in [0.15, 0.2) is 30.3 Å². The van der Waals surface area contributed by atoms with E-state index in [0.29, 0.717) is 19.7 Å². The Kier molecular flexibility index (Phi) is 3.71. The minimum atomic E-state index is -0.474. The average molecular weight is 247 g/mol. The molecule has 0 aromatic heterocycles. The van der Waals surface area contributed by atoms with Crippen LogP contribution in [0.3, 0.4) is 0 Å². The van der Waals surface area contributed by atoms with Crippen LogP contribution >= 0.6 is 0 Å². The Labute approximate surface area is 109 Å². The van der Waals surface area contributed by atoms with Gasteiger partial charge in [0.2, 0.25) is 5.91 Å². The SMILES string of the molecule is CC1CN(C(=O)C(C)(C)c2ccccc2)CCO1. The van der Waals surface area contributed by atoms with Crippen molar-refractivity contribution in [1.82, 2.24) is 4.90 Å². The zero-order valence-electron chi connectivity index (χ0n) is 11.3. The number of hydrogen-bond donors (Lipinski definition) is 0. The van der Waals surface area contributed by atoms with Crippen LogP contribution in [0.5, 0.6) is 0 Å². The van der Waals surface area contributed by atoms with E-state index in [4.69, 9.17) is 4.74 Å². The molecule has 3 heteroatoms. The third-order valence-corrected chi connectivity index (χ3v) is 3.56. The molecule has 0 aliphatic carbocycles. The number of nitrogens with zero attached hydrogens (tertiary/aromatic N) is 1. The molecule has 0 radical (unpaired) electrons. The van der Waals surface area contributed by atoms with Gasteiger partial charge in [-0.25, -0.2) is 0 Å². The molecule has 18 heavy (non-hydrogen) atoms. The van der Waals surface area contributed by atoms with Gasteiger partial charge >= 0.3 is 0 Å². The molecular weight excluding hydrogens is 226 g/mol. The quantitative estimate of drug-likeness (QED) is 0.802.